The summed E-state index contributed by atoms with van der Waals surface area (Å²) in [7, 11) is 0. The number of urea groups is 1. The minimum atomic E-state index is -1.43. The highest BCUT2D eigenvalue weighted by Crippen LogP contribution is 2.28. The standard InChI is InChI=1S/C14H26N2O4/c1-9-4-10(2)6-11(5-9)16-13(19)15-8-14(3,20)7-12(17)18/h9-11,20H,4-8H2,1-3H3,(H,17,18)(H2,15,16,19). The minimum Gasteiger partial charge on any atom is -0.481 e. The normalized spacial score (nSPS) is 29.3. The second-order valence-corrected chi connectivity index (χ2v) is 6.51. The number of nitrogens with one attached hydrogen (secondary N) is 2. The highest BCUT2D eigenvalue weighted by atomic mass is 16.4. The van der Waals surface area contributed by atoms with Gasteiger partial charge in [0.05, 0.1) is 12.0 Å². The highest BCUT2D eigenvalue weighted by Gasteiger charge is 2.27. The molecule has 0 heterocycles. The molecule has 2 amide bonds. The lowest BCUT2D eigenvalue weighted by Gasteiger charge is -2.32. The zero-order valence-corrected chi connectivity index (χ0v) is 12.5. The Morgan fingerprint density at radius 3 is 2.25 bits per heavy atom. The summed E-state index contributed by atoms with van der Waals surface area (Å²) in [6.45, 7) is 5.68. The van der Waals surface area contributed by atoms with Crippen LogP contribution < -0.4 is 10.6 Å². The van der Waals surface area contributed by atoms with Gasteiger partial charge in [0.2, 0.25) is 0 Å². The maximum Gasteiger partial charge on any atom is 0.315 e. The van der Waals surface area contributed by atoms with Crippen molar-refractivity contribution in [2.45, 2.75) is 58.1 Å². The van der Waals surface area contributed by atoms with Crippen molar-refractivity contribution in [1.82, 2.24) is 10.6 Å². The fourth-order valence-corrected chi connectivity index (χ4v) is 2.96. The van der Waals surface area contributed by atoms with Crippen LogP contribution in [-0.2, 0) is 4.79 Å². The third-order valence-corrected chi connectivity index (χ3v) is 3.68. The van der Waals surface area contributed by atoms with Crippen molar-refractivity contribution < 1.29 is 19.8 Å². The van der Waals surface area contributed by atoms with E-state index >= 15 is 0 Å². The van der Waals surface area contributed by atoms with Gasteiger partial charge in [-0.25, -0.2) is 4.79 Å². The van der Waals surface area contributed by atoms with Crippen molar-refractivity contribution in [3.63, 3.8) is 0 Å². The third kappa shape index (κ3) is 6.23. The van der Waals surface area contributed by atoms with Gasteiger partial charge in [0.15, 0.2) is 0 Å². The molecule has 0 bridgehead atoms. The monoisotopic (exact) mass is 286 g/mol. The molecule has 6 nitrogen and oxygen atoms in total. The predicted octanol–water partition coefficient (Wildman–Crippen LogP) is 1.34. The Hall–Kier alpha value is -1.30. The molecule has 0 radical (unpaired) electrons. The largest absolute Gasteiger partial charge is 0.481 e. The molecule has 116 valence electrons. The van der Waals surface area contributed by atoms with E-state index in [0.717, 1.165) is 12.8 Å². The molecule has 0 aromatic rings. The summed E-state index contributed by atoms with van der Waals surface area (Å²) in [5.41, 5.74) is -1.43. The molecule has 3 atom stereocenters. The van der Waals surface area contributed by atoms with Gasteiger partial charge in [-0.3, -0.25) is 4.79 Å². The lowest BCUT2D eigenvalue weighted by atomic mass is 9.80. The lowest BCUT2D eigenvalue weighted by Crippen LogP contribution is -2.49. The van der Waals surface area contributed by atoms with Crippen molar-refractivity contribution in [3.05, 3.63) is 0 Å². The van der Waals surface area contributed by atoms with Gasteiger partial charge in [-0.15, -0.1) is 0 Å². The van der Waals surface area contributed by atoms with Gasteiger partial charge in [-0.05, 0) is 38.0 Å². The Labute approximate surface area is 119 Å². The van der Waals surface area contributed by atoms with Crippen molar-refractivity contribution in [1.29, 1.82) is 0 Å². The van der Waals surface area contributed by atoms with E-state index in [-0.39, 0.29) is 18.6 Å². The molecule has 20 heavy (non-hydrogen) atoms. The van der Waals surface area contributed by atoms with Crippen molar-refractivity contribution in [2.75, 3.05) is 6.54 Å². The van der Waals surface area contributed by atoms with E-state index in [1.54, 1.807) is 0 Å². The van der Waals surface area contributed by atoms with Gasteiger partial charge < -0.3 is 20.8 Å². The zero-order valence-electron chi connectivity index (χ0n) is 12.5. The molecule has 0 aliphatic heterocycles. The third-order valence-electron chi connectivity index (χ3n) is 3.68. The second-order valence-electron chi connectivity index (χ2n) is 6.51. The molecule has 3 unspecified atom stereocenters. The first-order chi connectivity index (χ1) is 9.18. The minimum absolute atomic E-state index is 0.0804. The van der Waals surface area contributed by atoms with Crippen LogP contribution in [0.25, 0.3) is 0 Å². The van der Waals surface area contributed by atoms with E-state index < -0.39 is 18.0 Å². The molecule has 1 fully saturated rings. The van der Waals surface area contributed by atoms with Crippen molar-refractivity contribution in [3.8, 4) is 0 Å². The average Bonchev–Trinajstić information content (AvgIpc) is 2.23. The first-order valence-electron chi connectivity index (χ1n) is 7.16. The number of aliphatic hydroxyl groups is 1. The average molecular weight is 286 g/mol. The van der Waals surface area contributed by atoms with Gasteiger partial charge in [0.1, 0.15) is 0 Å². The van der Waals surface area contributed by atoms with Gasteiger partial charge >= 0.3 is 12.0 Å². The molecule has 0 aromatic heterocycles. The van der Waals surface area contributed by atoms with Gasteiger partial charge in [-0.2, -0.15) is 0 Å². The molecule has 1 rings (SSSR count). The fraction of sp³-hybridized carbons (Fsp3) is 0.857. The molecule has 1 aliphatic carbocycles. The highest BCUT2D eigenvalue weighted by molar-refractivity contribution is 5.74. The second kappa shape index (κ2) is 6.92. The van der Waals surface area contributed by atoms with Crippen LogP contribution >= 0.6 is 0 Å². The number of amides is 2. The number of carbonyl (C=O) groups excluding carboxylic acids is 1. The molecule has 0 spiro atoms. The fourth-order valence-electron chi connectivity index (χ4n) is 2.96. The van der Waals surface area contributed by atoms with Crippen LogP contribution in [0.2, 0.25) is 0 Å². The number of hydrogen-bond acceptors (Lipinski definition) is 3. The van der Waals surface area contributed by atoms with Crippen LogP contribution in [0, 0.1) is 11.8 Å². The van der Waals surface area contributed by atoms with E-state index in [9.17, 15) is 14.7 Å². The summed E-state index contributed by atoms with van der Waals surface area (Å²) in [6, 6.07) is -0.194. The Bertz CT molecular complexity index is 347. The molecule has 4 N–H and O–H groups in total. The van der Waals surface area contributed by atoms with Crippen LogP contribution in [-0.4, -0.2) is 40.4 Å². The lowest BCUT2D eigenvalue weighted by molar-refractivity contribution is -0.141. The van der Waals surface area contributed by atoms with Crippen LogP contribution in [0.4, 0.5) is 4.79 Å². The molecule has 6 heteroatoms. The number of carboxylic acid groups (broad SMARTS) is 1. The van der Waals surface area contributed by atoms with E-state index in [4.69, 9.17) is 5.11 Å². The van der Waals surface area contributed by atoms with Crippen molar-refractivity contribution >= 4 is 12.0 Å². The molecular formula is C14H26N2O4. The van der Waals surface area contributed by atoms with Crippen molar-refractivity contribution in [2.24, 2.45) is 11.8 Å². The predicted molar refractivity (Wildman–Crippen MR) is 75.4 cm³/mol. The van der Waals surface area contributed by atoms with Gasteiger partial charge in [0, 0.05) is 12.6 Å². The zero-order chi connectivity index (χ0) is 15.3. The summed E-state index contributed by atoms with van der Waals surface area (Å²) in [5, 5.41) is 23.9. The Kier molecular flexibility index (Phi) is 5.80. The Morgan fingerprint density at radius 2 is 1.75 bits per heavy atom. The van der Waals surface area contributed by atoms with E-state index in [1.165, 1.54) is 13.3 Å². The maximum absolute atomic E-state index is 11.8. The quantitative estimate of drug-likeness (QED) is 0.613. The first-order valence-corrected chi connectivity index (χ1v) is 7.16. The van der Waals surface area contributed by atoms with Crippen LogP contribution in [0.1, 0.15) is 46.5 Å². The molecule has 1 aliphatic rings. The van der Waals surface area contributed by atoms with Crippen LogP contribution in [0.5, 0.6) is 0 Å². The molecule has 0 aromatic carbocycles. The number of carbonyl (C=O) groups is 2. The van der Waals surface area contributed by atoms with E-state index in [1.807, 2.05) is 0 Å². The van der Waals surface area contributed by atoms with E-state index in [0.29, 0.717) is 11.8 Å². The number of aliphatic carboxylic acids is 1. The number of hydrogen-bond donors (Lipinski definition) is 4. The number of carboxylic acids is 1. The van der Waals surface area contributed by atoms with Gasteiger partial charge in [0.25, 0.3) is 0 Å². The SMILES string of the molecule is CC1CC(C)CC(NC(=O)NCC(C)(O)CC(=O)O)C1. The molecule has 1 saturated carbocycles. The molecule has 0 saturated heterocycles. The summed E-state index contributed by atoms with van der Waals surface area (Å²) in [6.07, 6.45) is 2.71. The molecular weight excluding hydrogens is 260 g/mol. The first kappa shape index (κ1) is 16.8. The number of rotatable bonds is 5. The Balaban J connectivity index is 2.34. The Morgan fingerprint density at radius 1 is 1.20 bits per heavy atom. The van der Waals surface area contributed by atoms with Crippen LogP contribution in [0.3, 0.4) is 0 Å². The summed E-state index contributed by atoms with van der Waals surface area (Å²) in [4.78, 5) is 22.3. The van der Waals surface area contributed by atoms with Crippen LogP contribution in [0.15, 0.2) is 0 Å². The maximum atomic E-state index is 11.8. The summed E-state index contributed by atoms with van der Waals surface area (Å²) < 4.78 is 0. The summed E-state index contributed by atoms with van der Waals surface area (Å²) >= 11 is 0. The van der Waals surface area contributed by atoms with Gasteiger partial charge in [-0.1, -0.05) is 13.8 Å². The topological polar surface area (TPSA) is 98.7 Å². The van der Waals surface area contributed by atoms with E-state index in [2.05, 4.69) is 24.5 Å². The smallest absolute Gasteiger partial charge is 0.315 e. The summed E-state index contributed by atoms with van der Waals surface area (Å²) in [5.74, 6) is 0.102.